The molecule has 3 N–H and O–H groups in total. The molecule has 2 unspecified atom stereocenters. The molecule has 3 aromatic heterocycles. The van der Waals surface area contributed by atoms with Gasteiger partial charge in [-0.05, 0) is 96.9 Å². The number of likely N-dealkylation sites (tertiary alicyclic amines) is 1. The summed E-state index contributed by atoms with van der Waals surface area (Å²) in [4.78, 5) is 36.3. The van der Waals surface area contributed by atoms with Gasteiger partial charge < -0.3 is 24.8 Å². The third-order valence-corrected chi connectivity index (χ3v) is 10.4. The van der Waals surface area contributed by atoms with Crippen molar-refractivity contribution >= 4 is 49.2 Å². The van der Waals surface area contributed by atoms with Crippen molar-refractivity contribution < 1.29 is 37.3 Å². The van der Waals surface area contributed by atoms with Gasteiger partial charge in [-0.2, -0.15) is 13.2 Å². The highest BCUT2D eigenvalue weighted by Crippen LogP contribution is 2.63. The first-order valence-corrected chi connectivity index (χ1v) is 18.5. The number of aromatic nitrogens is 4. The third-order valence-electron chi connectivity index (χ3n) is 9.37. The molecule has 2 aliphatic rings. The van der Waals surface area contributed by atoms with Crippen molar-refractivity contribution in [3.05, 3.63) is 53.3 Å². The smallest absolute Gasteiger partial charge is 0.410 e. The number of amides is 2. The summed E-state index contributed by atoms with van der Waals surface area (Å²) in [5.41, 5.74) is -5.48. The molecule has 2 atom stereocenters. The maximum Gasteiger partial charge on any atom is 0.410 e. The summed E-state index contributed by atoms with van der Waals surface area (Å²) in [6.45, 7) is 10.8. The van der Waals surface area contributed by atoms with Crippen molar-refractivity contribution in [1.82, 2.24) is 29.4 Å². The normalized spacial score (nSPS) is 19.0. The molecule has 5 rings (SSSR count). The number of nitrogens with one attached hydrogen (secondary N) is 2. The van der Waals surface area contributed by atoms with Gasteiger partial charge in [0.2, 0.25) is 5.88 Å². The highest BCUT2D eigenvalue weighted by atomic mass is 35.5. The minimum Gasteiger partial charge on any atom is -0.477 e. The van der Waals surface area contributed by atoms with Crippen LogP contribution in [0.15, 0.2) is 47.6 Å². The first-order valence-electron chi connectivity index (χ1n) is 17.3. The third kappa shape index (κ3) is 9.90. The van der Waals surface area contributed by atoms with E-state index in [-0.39, 0.29) is 53.5 Å². The molecule has 1 saturated heterocycles. The summed E-state index contributed by atoms with van der Waals surface area (Å²) in [6.07, 6.45) is -1.58. The molecular weight excluding hydrogens is 734 g/mol. The minimum atomic E-state index is -4.62. The fourth-order valence-corrected chi connectivity index (χ4v) is 7.25. The van der Waals surface area contributed by atoms with Crippen LogP contribution in [0.5, 0.6) is 5.88 Å². The molecule has 18 heteroatoms. The van der Waals surface area contributed by atoms with Gasteiger partial charge in [-0.1, -0.05) is 17.7 Å². The van der Waals surface area contributed by atoms with Crippen LogP contribution in [0.3, 0.4) is 0 Å². The Morgan fingerprint density at radius 2 is 1.87 bits per heavy atom. The van der Waals surface area contributed by atoms with Crippen molar-refractivity contribution in [2.45, 2.75) is 101 Å². The maximum atomic E-state index is 13.4. The fourth-order valence-electron chi connectivity index (χ4n) is 6.42. The molecule has 12 nitrogen and oxygen atoms in total. The Bertz CT molecular complexity index is 1780. The van der Waals surface area contributed by atoms with Gasteiger partial charge in [-0.3, -0.25) is 9.52 Å². The van der Waals surface area contributed by atoms with Gasteiger partial charge in [0.15, 0.2) is 5.82 Å². The van der Waals surface area contributed by atoms with Crippen molar-refractivity contribution in [3.63, 3.8) is 0 Å². The van der Waals surface area contributed by atoms with Crippen LogP contribution in [0.1, 0.15) is 83.5 Å². The second-order valence-electron chi connectivity index (χ2n) is 15.1. The SMILES string of the molecule is [B]C(O)(CCOc1ccn(-c2ccc(C(=O)NSc3cccc(NCCCC4CN(C(=O)OC(C)(C)C)C(C)(C)C4)n3)c(Cl)n2)n1)C1(C(F)(F)F)CC1. The van der Waals surface area contributed by atoms with E-state index in [1.807, 2.05) is 37.8 Å². The summed E-state index contributed by atoms with van der Waals surface area (Å²) >= 11 is 7.37. The van der Waals surface area contributed by atoms with E-state index in [1.165, 1.54) is 29.1 Å². The molecule has 3 aromatic rings. The lowest BCUT2D eigenvalue weighted by Crippen LogP contribution is -2.49. The molecule has 2 radical (unpaired) electrons. The number of alkyl halides is 3. The van der Waals surface area contributed by atoms with Crippen LogP contribution in [0.4, 0.5) is 23.8 Å². The van der Waals surface area contributed by atoms with Gasteiger partial charge >= 0.3 is 12.3 Å². The molecule has 2 amide bonds. The summed E-state index contributed by atoms with van der Waals surface area (Å²) in [7, 11) is 5.64. The quantitative estimate of drug-likeness (QED) is 0.0681. The summed E-state index contributed by atoms with van der Waals surface area (Å²) in [5.74, 6) is 0.863. The average Bonchev–Trinajstić information content (AvgIpc) is 3.69. The van der Waals surface area contributed by atoms with E-state index in [4.69, 9.17) is 28.9 Å². The number of anilines is 1. The lowest BCUT2D eigenvalue weighted by molar-refractivity contribution is -0.225. The first kappa shape index (κ1) is 40.5. The summed E-state index contributed by atoms with van der Waals surface area (Å²) < 4.78 is 55.2. The Labute approximate surface area is 317 Å². The van der Waals surface area contributed by atoms with Crippen LogP contribution in [0, 0.1) is 11.3 Å². The Balaban J connectivity index is 1.06. The van der Waals surface area contributed by atoms with Gasteiger partial charge in [0.05, 0.1) is 17.6 Å². The number of pyridine rings is 2. The first-order chi connectivity index (χ1) is 24.7. The average molecular weight is 778 g/mol. The number of aliphatic hydroxyl groups is 1. The number of rotatable bonds is 14. The van der Waals surface area contributed by atoms with Crippen molar-refractivity contribution in [2.24, 2.45) is 11.3 Å². The number of ether oxygens (including phenoxy) is 2. The van der Waals surface area contributed by atoms with E-state index in [0.717, 1.165) is 31.2 Å². The zero-order valence-electron chi connectivity index (χ0n) is 30.3. The second-order valence-corrected chi connectivity index (χ2v) is 16.3. The molecule has 2 fully saturated rings. The van der Waals surface area contributed by atoms with Gasteiger partial charge in [-0.25, -0.2) is 19.4 Å². The molecule has 0 aromatic carbocycles. The lowest BCUT2D eigenvalue weighted by Gasteiger charge is -2.35. The predicted molar refractivity (Wildman–Crippen MR) is 195 cm³/mol. The molecule has 1 aliphatic heterocycles. The Morgan fingerprint density at radius 3 is 2.53 bits per heavy atom. The second kappa shape index (κ2) is 15.6. The molecule has 4 heterocycles. The number of carbonyl (C=O) groups excluding carboxylic acids is 2. The van der Waals surface area contributed by atoms with Crippen molar-refractivity contribution in [3.8, 4) is 11.7 Å². The monoisotopic (exact) mass is 777 g/mol. The Kier molecular flexibility index (Phi) is 11.9. The van der Waals surface area contributed by atoms with E-state index in [1.54, 1.807) is 6.07 Å². The Morgan fingerprint density at radius 1 is 1.13 bits per heavy atom. The number of carbonyl (C=O) groups is 2. The molecule has 286 valence electrons. The molecule has 0 spiro atoms. The molecule has 0 bridgehead atoms. The van der Waals surface area contributed by atoms with Crippen LogP contribution in [0.25, 0.3) is 5.82 Å². The number of nitrogens with zero attached hydrogens (tertiary/aromatic N) is 5. The standard InChI is InChI=1S/C35H44BClF3N7O5S/c1-31(2,3)52-30(49)46-21-22(20-32(46,4)5)8-7-17-41-24-9-6-10-27(42-24)53-45-29(48)23-11-12-25(43-28(23)37)47-18-13-26(44-47)51-19-16-34(36,50)33(14-15-33)35(38,39)40/h6,9-13,18,22,50H,7-8,14-17,19-21H2,1-5H3,(H,41,42)(H,45,48). The van der Waals surface area contributed by atoms with E-state index < -0.39 is 35.0 Å². The predicted octanol–water partition coefficient (Wildman–Crippen LogP) is 6.95. The van der Waals surface area contributed by atoms with Crippen molar-refractivity contribution in [2.75, 3.05) is 25.0 Å². The van der Waals surface area contributed by atoms with Gasteiger partial charge in [-0.15, -0.1) is 5.10 Å². The van der Waals surface area contributed by atoms with Crippen LogP contribution in [-0.2, 0) is 4.74 Å². The molecule has 53 heavy (non-hydrogen) atoms. The molecule has 1 aliphatic carbocycles. The van der Waals surface area contributed by atoms with Gasteiger partial charge in [0.25, 0.3) is 5.91 Å². The summed E-state index contributed by atoms with van der Waals surface area (Å²) in [6, 6.07) is 9.90. The zero-order valence-corrected chi connectivity index (χ0v) is 31.9. The largest absolute Gasteiger partial charge is 0.477 e. The molecular formula is C35H44BClF3N7O5S. The maximum absolute atomic E-state index is 13.4. The zero-order chi connectivity index (χ0) is 38.8. The highest BCUT2D eigenvalue weighted by molar-refractivity contribution is 7.97. The number of hydrogen-bond donors (Lipinski definition) is 3. The van der Waals surface area contributed by atoms with Crippen molar-refractivity contribution in [1.29, 1.82) is 0 Å². The van der Waals surface area contributed by atoms with E-state index in [0.29, 0.717) is 29.9 Å². The van der Waals surface area contributed by atoms with Gasteiger partial charge in [0, 0.05) is 54.8 Å². The van der Waals surface area contributed by atoms with Crippen LogP contribution in [-0.4, -0.2) is 92.1 Å². The Hall–Kier alpha value is -3.70. The lowest BCUT2D eigenvalue weighted by atomic mass is 9.66. The van der Waals surface area contributed by atoms with Crippen LogP contribution in [0.2, 0.25) is 5.15 Å². The van der Waals surface area contributed by atoms with Crippen LogP contribution >= 0.6 is 23.5 Å². The fraction of sp³-hybridized carbons (Fsp3) is 0.571. The van der Waals surface area contributed by atoms with E-state index >= 15 is 0 Å². The minimum absolute atomic E-state index is 0.0718. The number of hydrogen-bond acceptors (Lipinski definition) is 10. The number of halogens is 4. The highest BCUT2D eigenvalue weighted by Gasteiger charge is 2.71. The van der Waals surface area contributed by atoms with E-state index in [2.05, 4.69) is 39.0 Å². The topological polar surface area (TPSA) is 144 Å². The van der Waals surface area contributed by atoms with Crippen LogP contribution < -0.4 is 14.8 Å². The van der Waals surface area contributed by atoms with E-state index in [9.17, 15) is 27.9 Å². The van der Waals surface area contributed by atoms with Gasteiger partial charge in [0.1, 0.15) is 29.4 Å². The summed E-state index contributed by atoms with van der Waals surface area (Å²) in [5, 5.41) is 18.3. The molecule has 1 saturated carbocycles.